The van der Waals surface area contributed by atoms with E-state index < -0.39 is 72.8 Å². The van der Waals surface area contributed by atoms with Crippen LogP contribution in [0.15, 0.2) is 24.3 Å². The van der Waals surface area contributed by atoms with Crippen molar-refractivity contribution < 1.29 is 49.2 Å². The maximum absolute atomic E-state index is 12.9. The number of aliphatic hydroxyl groups is 1. The summed E-state index contributed by atoms with van der Waals surface area (Å²) in [6, 6.07) is -0.635. The Morgan fingerprint density at radius 2 is 1.36 bits per heavy atom. The highest BCUT2D eigenvalue weighted by Crippen LogP contribution is 2.12. The van der Waals surface area contributed by atoms with Gasteiger partial charge in [-0.1, -0.05) is 12.1 Å². The number of phenolic OH excluding ortho intramolecular Hbond substituents is 1. The Morgan fingerprint density at radius 3 is 1.86 bits per heavy atom. The molecule has 4 amide bonds. The Hall–Kier alpha value is -4.24. The lowest BCUT2D eigenvalue weighted by Gasteiger charge is -2.24. The number of hydrogen-bond donors (Lipinski definition) is 9. The molecule has 1 aromatic rings. The molecule has 15 heteroatoms. The standard InChI is InChI=1S/C21H29N5O10/c22-12(9-27)18(32)25-15(8-17(30)31)20(34)26-14(7-10-1-3-11(28)4-2-10)19(33)24-13(21(35)36)5-6-16(23)29/h1-4,12-15,27-28H,5-9,22H2,(H2,23,29)(H,24,33)(H,25,32)(H,26,34)(H,30,31)(H,35,36). The third-order valence-electron chi connectivity index (χ3n) is 4.85. The summed E-state index contributed by atoms with van der Waals surface area (Å²) in [5, 5.41) is 43.5. The first-order chi connectivity index (χ1) is 16.8. The van der Waals surface area contributed by atoms with Crippen LogP contribution in [0.1, 0.15) is 24.8 Å². The highest BCUT2D eigenvalue weighted by atomic mass is 16.4. The van der Waals surface area contributed by atoms with E-state index in [0.29, 0.717) is 5.56 Å². The zero-order valence-corrected chi connectivity index (χ0v) is 19.0. The van der Waals surface area contributed by atoms with Crippen molar-refractivity contribution in [3.05, 3.63) is 29.8 Å². The fourth-order valence-electron chi connectivity index (χ4n) is 2.91. The number of aromatic hydroxyl groups is 1. The smallest absolute Gasteiger partial charge is 0.326 e. The number of benzene rings is 1. The van der Waals surface area contributed by atoms with Gasteiger partial charge < -0.3 is 47.8 Å². The normalized spacial score (nSPS) is 13.9. The summed E-state index contributed by atoms with van der Waals surface area (Å²) in [7, 11) is 0. The zero-order valence-electron chi connectivity index (χ0n) is 19.0. The van der Waals surface area contributed by atoms with Crippen molar-refractivity contribution in [3.63, 3.8) is 0 Å². The van der Waals surface area contributed by atoms with Crippen molar-refractivity contribution in [2.45, 2.75) is 49.9 Å². The molecule has 0 radical (unpaired) electrons. The molecule has 0 spiro atoms. The second-order valence-electron chi connectivity index (χ2n) is 7.78. The predicted octanol–water partition coefficient (Wildman–Crippen LogP) is -3.47. The second kappa shape index (κ2) is 14.2. The number of aliphatic carboxylic acids is 2. The average molecular weight is 511 g/mol. The number of nitrogens with one attached hydrogen (secondary N) is 3. The van der Waals surface area contributed by atoms with Gasteiger partial charge in [0.25, 0.3) is 0 Å². The van der Waals surface area contributed by atoms with Crippen LogP contribution in [0.5, 0.6) is 5.75 Å². The van der Waals surface area contributed by atoms with Crippen LogP contribution in [0.25, 0.3) is 0 Å². The van der Waals surface area contributed by atoms with E-state index >= 15 is 0 Å². The van der Waals surface area contributed by atoms with E-state index in [2.05, 4.69) is 16.0 Å². The number of carbonyl (C=O) groups excluding carboxylic acids is 4. The first-order valence-corrected chi connectivity index (χ1v) is 10.6. The number of aliphatic hydroxyl groups excluding tert-OH is 1. The molecule has 198 valence electrons. The van der Waals surface area contributed by atoms with Gasteiger partial charge in [0.05, 0.1) is 13.0 Å². The lowest BCUT2D eigenvalue weighted by atomic mass is 10.0. The van der Waals surface area contributed by atoms with Gasteiger partial charge in [-0.15, -0.1) is 0 Å². The molecule has 4 atom stereocenters. The van der Waals surface area contributed by atoms with E-state index in [4.69, 9.17) is 21.7 Å². The molecule has 0 fully saturated rings. The Morgan fingerprint density at radius 1 is 0.833 bits per heavy atom. The molecule has 1 rings (SSSR count). The SMILES string of the molecule is NC(=O)CCC(NC(=O)C(Cc1ccc(O)cc1)NC(=O)C(CC(=O)O)NC(=O)C(N)CO)C(=O)O. The molecule has 36 heavy (non-hydrogen) atoms. The molecule has 0 saturated heterocycles. The van der Waals surface area contributed by atoms with Gasteiger partial charge >= 0.3 is 11.9 Å². The summed E-state index contributed by atoms with van der Waals surface area (Å²) in [4.78, 5) is 71.5. The lowest BCUT2D eigenvalue weighted by Crippen LogP contribution is -2.58. The summed E-state index contributed by atoms with van der Waals surface area (Å²) in [5.41, 5.74) is 10.8. The van der Waals surface area contributed by atoms with Gasteiger partial charge in [-0.25, -0.2) is 4.79 Å². The molecular weight excluding hydrogens is 482 g/mol. The van der Waals surface area contributed by atoms with Crippen molar-refractivity contribution in [1.29, 1.82) is 0 Å². The highest BCUT2D eigenvalue weighted by Gasteiger charge is 2.31. The van der Waals surface area contributed by atoms with Crippen molar-refractivity contribution in [1.82, 2.24) is 16.0 Å². The lowest BCUT2D eigenvalue weighted by molar-refractivity contribution is -0.143. The molecule has 0 heterocycles. The van der Waals surface area contributed by atoms with E-state index in [9.17, 15) is 39.0 Å². The highest BCUT2D eigenvalue weighted by molar-refractivity contribution is 5.95. The van der Waals surface area contributed by atoms with Crippen molar-refractivity contribution >= 4 is 35.6 Å². The van der Waals surface area contributed by atoms with E-state index in [1.807, 2.05) is 0 Å². The zero-order chi connectivity index (χ0) is 27.4. The van der Waals surface area contributed by atoms with E-state index in [1.165, 1.54) is 24.3 Å². The van der Waals surface area contributed by atoms with Gasteiger partial charge in [0.15, 0.2) is 0 Å². The van der Waals surface area contributed by atoms with Crippen LogP contribution in [0.3, 0.4) is 0 Å². The molecule has 0 aliphatic rings. The summed E-state index contributed by atoms with van der Waals surface area (Å²) < 4.78 is 0. The van der Waals surface area contributed by atoms with Crippen molar-refractivity contribution in [3.8, 4) is 5.75 Å². The molecule has 1 aromatic carbocycles. The first kappa shape index (κ1) is 29.8. The Balaban J connectivity index is 3.16. The number of carboxylic acids is 2. The number of hydrogen-bond acceptors (Lipinski definition) is 9. The fourth-order valence-corrected chi connectivity index (χ4v) is 2.91. The van der Waals surface area contributed by atoms with Crippen LogP contribution in [0.4, 0.5) is 0 Å². The topological polar surface area (TPSA) is 271 Å². The van der Waals surface area contributed by atoms with E-state index in [1.54, 1.807) is 0 Å². The molecule has 4 unspecified atom stereocenters. The molecule has 0 bridgehead atoms. The largest absolute Gasteiger partial charge is 0.508 e. The van der Waals surface area contributed by atoms with Crippen LogP contribution in [0.2, 0.25) is 0 Å². The van der Waals surface area contributed by atoms with Crippen LogP contribution < -0.4 is 27.4 Å². The Bertz CT molecular complexity index is 968. The van der Waals surface area contributed by atoms with E-state index in [0.717, 1.165) is 0 Å². The minimum atomic E-state index is -1.69. The molecule has 0 aromatic heterocycles. The van der Waals surface area contributed by atoms with Gasteiger partial charge in [0.1, 0.15) is 29.9 Å². The number of rotatable bonds is 15. The van der Waals surface area contributed by atoms with Crippen LogP contribution in [0, 0.1) is 0 Å². The number of primary amides is 1. The van der Waals surface area contributed by atoms with Crippen LogP contribution in [-0.4, -0.2) is 86.8 Å². The van der Waals surface area contributed by atoms with Crippen molar-refractivity contribution in [2.75, 3.05) is 6.61 Å². The molecule has 11 N–H and O–H groups in total. The maximum atomic E-state index is 12.9. The molecule has 0 aliphatic carbocycles. The molecule has 0 aliphatic heterocycles. The number of nitrogens with two attached hydrogens (primary N) is 2. The Labute approximate surface area is 204 Å². The van der Waals surface area contributed by atoms with Gasteiger partial charge in [-0.05, 0) is 24.1 Å². The predicted molar refractivity (Wildman–Crippen MR) is 121 cm³/mol. The monoisotopic (exact) mass is 511 g/mol. The maximum Gasteiger partial charge on any atom is 0.326 e. The summed E-state index contributed by atoms with van der Waals surface area (Å²) in [6.45, 7) is -0.777. The third kappa shape index (κ3) is 10.4. The molecule has 15 nitrogen and oxygen atoms in total. The Kier molecular flexibility index (Phi) is 11.8. The van der Waals surface area contributed by atoms with Crippen molar-refractivity contribution in [2.24, 2.45) is 11.5 Å². The molecular formula is C21H29N5O10. The van der Waals surface area contributed by atoms with Gasteiger partial charge in [-0.3, -0.25) is 24.0 Å². The minimum Gasteiger partial charge on any atom is -0.508 e. The second-order valence-corrected chi connectivity index (χ2v) is 7.78. The van der Waals surface area contributed by atoms with Crippen LogP contribution in [-0.2, 0) is 35.2 Å². The third-order valence-corrected chi connectivity index (χ3v) is 4.85. The van der Waals surface area contributed by atoms with Gasteiger partial charge in [0.2, 0.25) is 23.6 Å². The average Bonchev–Trinajstić information content (AvgIpc) is 2.80. The summed E-state index contributed by atoms with van der Waals surface area (Å²) >= 11 is 0. The summed E-state index contributed by atoms with van der Waals surface area (Å²) in [6.07, 6.45) is -1.78. The number of phenols is 1. The van der Waals surface area contributed by atoms with Crippen LogP contribution >= 0.6 is 0 Å². The van der Waals surface area contributed by atoms with Gasteiger partial charge in [-0.2, -0.15) is 0 Å². The first-order valence-electron chi connectivity index (χ1n) is 10.6. The fraction of sp³-hybridized carbons (Fsp3) is 0.429. The quantitative estimate of drug-likeness (QED) is 0.112. The van der Waals surface area contributed by atoms with Gasteiger partial charge in [0, 0.05) is 12.8 Å². The molecule has 0 saturated carbocycles. The number of amides is 4. The van der Waals surface area contributed by atoms with E-state index in [-0.39, 0.29) is 25.0 Å². The minimum absolute atomic E-state index is 0.0781. The summed E-state index contributed by atoms with van der Waals surface area (Å²) in [5.74, 6) is -6.91. The number of carbonyl (C=O) groups is 6. The number of carboxylic acid groups (broad SMARTS) is 2.